The zero-order valence-electron chi connectivity index (χ0n) is 9.56. The molecule has 1 aromatic heterocycles. The number of rotatable bonds is 3. The number of amides is 1. The second-order valence-electron chi connectivity index (χ2n) is 3.62. The van der Waals surface area contributed by atoms with Crippen LogP contribution in [0.15, 0.2) is 38.3 Å². The normalized spacial score (nSPS) is 10.8. The van der Waals surface area contributed by atoms with Crippen LogP contribution in [0.4, 0.5) is 0 Å². The molecule has 10 heteroatoms. The van der Waals surface area contributed by atoms with Crippen molar-refractivity contribution in [3.8, 4) is 0 Å². The second-order valence-corrected chi connectivity index (χ2v) is 8.83. The summed E-state index contributed by atoms with van der Waals surface area (Å²) in [6.07, 6.45) is 0. The van der Waals surface area contributed by atoms with E-state index in [0.717, 1.165) is 11.3 Å². The number of sulfonamides is 1. The Morgan fingerprint density at radius 1 is 1.19 bits per heavy atom. The Labute approximate surface area is 166 Å². The Morgan fingerprint density at radius 3 is 2.38 bits per heavy atom. The standard InChI is InChI=1S/C11H6BrCl2NO3S2.Na.H/c12-9-3-4-10(19-9)20(17,18)15-11(16)7-2-1-6(13)5-8(7)14;;/h1-5H,(H,15,16);;. The molecule has 0 saturated carbocycles. The Kier molecular flexibility index (Phi) is 7.21. The van der Waals surface area contributed by atoms with Crippen LogP contribution in [0.25, 0.3) is 0 Å². The molecule has 0 aliphatic rings. The molecule has 0 fully saturated rings. The van der Waals surface area contributed by atoms with E-state index in [9.17, 15) is 13.2 Å². The van der Waals surface area contributed by atoms with Crippen molar-refractivity contribution in [1.29, 1.82) is 0 Å². The Morgan fingerprint density at radius 2 is 1.86 bits per heavy atom. The first-order chi connectivity index (χ1) is 9.29. The molecule has 0 unspecified atom stereocenters. The van der Waals surface area contributed by atoms with Crippen LogP contribution in [0.1, 0.15) is 10.4 Å². The summed E-state index contributed by atoms with van der Waals surface area (Å²) in [5, 5.41) is 0.439. The van der Waals surface area contributed by atoms with Crippen LogP contribution in [-0.4, -0.2) is 43.9 Å². The minimum absolute atomic E-state index is 0. The number of carbonyl (C=O) groups excluding carboxylic acids is 1. The van der Waals surface area contributed by atoms with Crippen molar-refractivity contribution in [2.24, 2.45) is 0 Å². The molecule has 2 rings (SSSR count). The number of thiophene rings is 1. The molecule has 1 N–H and O–H groups in total. The van der Waals surface area contributed by atoms with E-state index in [2.05, 4.69) is 15.9 Å². The summed E-state index contributed by atoms with van der Waals surface area (Å²) < 4.78 is 26.6. The van der Waals surface area contributed by atoms with Crippen molar-refractivity contribution in [2.45, 2.75) is 4.21 Å². The number of hydrogen-bond donors (Lipinski definition) is 1. The van der Waals surface area contributed by atoms with E-state index in [1.807, 2.05) is 4.72 Å². The van der Waals surface area contributed by atoms with Gasteiger partial charge in [0.1, 0.15) is 4.21 Å². The molecule has 108 valence electrons. The maximum atomic E-state index is 12.0. The third-order valence-corrected chi connectivity index (χ3v) is 6.21. The predicted molar refractivity (Wildman–Crippen MR) is 90.3 cm³/mol. The van der Waals surface area contributed by atoms with Crippen molar-refractivity contribution < 1.29 is 13.2 Å². The molecule has 0 aliphatic heterocycles. The van der Waals surface area contributed by atoms with Gasteiger partial charge in [0.25, 0.3) is 15.9 Å². The van der Waals surface area contributed by atoms with Gasteiger partial charge in [-0.25, -0.2) is 13.1 Å². The van der Waals surface area contributed by atoms with Gasteiger partial charge in [0.2, 0.25) is 0 Å². The van der Waals surface area contributed by atoms with Gasteiger partial charge in [-0.05, 0) is 46.3 Å². The molecular weight excluding hydrogens is 432 g/mol. The van der Waals surface area contributed by atoms with Crippen molar-refractivity contribution in [3.63, 3.8) is 0 Å². The molecule has 1 amide bonds. The number of carbonyl (C=O) groups is 1. The molecule has 2 aromatic rings. The molecule has 1 heterocycles. The summed E-state index contributed by atoms with van der Waals surface area (Å²) >= 11 is 15.7. The fourth-order valence-electron chi connectivity index (χ4n) is 1.34. The SMILES string of the molecule is O=C(NS(=O)(=O)c1ccc(Br)s1)c1ccc(Cl)cc1Cl.[NaH]. The number of halogens is 3. The first-order valence-corrected chi connectivity index (χ1v) is 8.92. The van der Waals surface area contributed by atoms with E-state index in [4.69, 9.17) is 23.2 Å². The van der Waals surface area contributed by atoms with Gasteiger partial charge in [-0.3, -0.25) is 4.79 Å². The van der Waals surface area contributed by atoms with Gasteiger partial charge < -0.3 is 0 Å². The first kappa shape index (κ1) is 19.4. The van der Waals surface area contributed by atoms with Crippen LogP contribution in [0, 0.1) is 0 Å². The summed E-state index contributed by atoms with van der Waals surface area (Å²) in [6.45, 7) is 0. The summed E-state index contributed by atoms with van der Waals surface area (Å²) in [7, 11) is -3.92. The fourth-order valence-corrected chi connectivity index (χ4v) is 4.81. The van der Waals surface area contributed by atoms with Crippen molar-refractivity contribution in [2.75, 3.05) is 0 Å². The van der Waals surface area contributed by atoms with Gasteiger partial charge in [0, 0.05) is 5.02 Å². The van der Waals surface area contributed by atoms with E-state index >= 15 is 0 Å². The molecule has 4 nitrogen and oxygen atoms in total. The van der Waals surface area contributed by atoms with Crippen molar-refractivity contribution in [1.82, 2.24) is 4.72 Å². The molecule has 0 radical (unpaired) electrons. The van der Waals surface area contributed by atoms with Crippen LogP contribution < -0.4 is 4.72 Å². The molecule has 0 aliphatic carbocycles. The van der Waals surface area contributed by atoms with Crippen LogP contribution >= 0.6 is 50.5 Å². The Bertz CT molecular complexity index is 780. The zero-order valence-corrected chi connectivity index (χ0v) is 14.3. The average molecular weight is 439 g/mol. The topological polar surface area (TPSA) is 63.2 Å². The Balaban J connectivity index is 0.00000220. The van der Waals surface area contributed by atoms with Crippen molar-refractivity contribution >= 4 is 96.0 Å². The molecule has 21 heavy (non-hydrogen) atoms. The number of nitrogens with one attached hydrogen (secondary N) is 1. The molecule has 1 aromatic carbocycles. The fraction of sp³-hybridized carbons (Fsp3) is 0. The van der Waals surface area contributed by atoms with Gasteiger partial charge in [-0.2, -0.15) is 0 Å². The van der Waals surface area contributed by atoms with Crippen LogP contribution in [0.3, 0.4) is 0 Å². The molecule has 0 bridgehead atoms. The van der Waals surface area contributed by atoms with E-state index < -0.39 is 15.9 Å². The van der Waals surface area contributed by atoms with E-state index in [-0.39, 0.29) is 44.4 Å². The average Bonchev–Trinajstić information content (AvgIpc) is 2.75. The number of benzene rings is 1. The third kappa shape index (κ3) is 4.94. The monoisotopic (exact) mass is 437 g/mol. The van der Waals surface area contributed by atoms with Crippen molar-refractivity contribution in [3.05, 3.63) is 49.7 Å². The molecule has 0 spiro atoms. The third-order valence-electron chi connectivity index (χ3n) is 2.22. The molecular formula is C11H7BrCl2NNaO3S2. The number of hydrogen-bond acceptors (Lipinski definition) is 4. The van der Waals surface area contributed by atoms with Crippen LogP contribution in [0.5, 0.6) is 0 Å². The van der Waals surface area contributed by atoms with Gasteiger partial charge in [0.05, 0.1) is 14.4 Å². The van der Waals surface area contributed by atoms with Gasteiger partial charge in [-0.15, -0.1) is 11.3 Å². The van der Waals surface area contributed by atoms with Crippen LogP contribution in [-0.2, 0) is 10.0 Å². The molecule has 0 atom stereocenters. The van der Waals surface area contributed by atoms with E-state index in [1.54, 1.807) is 6.07 Å². The van der Waals surface area contributed by atoms with E-state index in [1.165, 1.54) is 24.3 Å². The predicted octanol–water partition coefficient (Wildman–Crippen LogP) is 3.29. The Hall–Kier alpha value is 0.400. The van der Waals surface area contributed by atoms with E-state index in [0.29, 0.717) is 8.81 Å². The summed E-state index contributed by atoms with van der Waals surface area (Å²) in [6, 6.07) is 7.16. The maximum absolute atomic E-state index is 12.0. The summed E-state index contributed by atoms with van der Waals surface area (Å²) in [4.78, 5) is 11.9. The van der Waals surface area contributed by atoms with Gasteiger partial charge in [-0.1, -0.05) is 23.2 Å². The van der Waals surface area contributed by atoms with Crippen LogP contribution in [0.2, 0.25) is 10.0 Å². The minimum atomic E-state index is -3.92. The second kappa shape index (κ2) is 7.79. The van der Waals surface area contributed by atoms with Gasteiger partial charge >= 0.3 is 29.6 Å². The first-order valence-electron chi connectivity index (χ1n) is 5.07. The quantitative estimate of drug-likeness (QED) is 0.748. The zero-order chi connectivity index (χ0) is 14.9. The molecule has 0 saturated heterocycles. The van der Waals surface area contributed by atoms with Gasteiger partial charge in [0.15, 0.2) is 0 Å². The summed E-state index contributed by atoms with van der Waals surface area (Å²) in [5.74, 6) is -0.809. The summed E-state index contributed by atoms with van der Waals surface area (Å²) in [5.41, 5.74) is 0.0373.